The molecule has 1 aromatic carbocycles. The number of benzene rings is 1. The summed E-state index contributed by atoms with van der Waals surface area (Å²) < 4.78 is 28.9. The van der Waals surface area contributed by atoms with Crippen LogP contribution < -0.4 is 5.73 Å². The van der Waals surface area contributed by atoms with E-state index in [1.165, 1.54) is 0 Å². The van der Waals surface area contributed by atoms with Crippen molar-refractivity contribution in [3.05, 3.63) is 35.4 Å². The van der Waals surface area contributed by atoms with E-state index in [-0.39, 0.29) is 10.6 Å². The average Bonchev–Trinajstić information content (AvgIpc) is 2.59. The first-order valence-corrected chi connectivity index (χ1v) is 6.19. The number of anilines is 1. The van der Waals surface area contributed by atoms with Gasteiger partial charge >= 0.3 is 0 Å². The van der Waals surface area contributed by atoms with Crippen molar-refractivity contribution in [2.45, 2.75) is 17.6 Å². The Morgan fingerprint density at radius 3 is 2.39 bits per heavy atom. The Morgan fingerprint density at radius 2 is 1.89 bits per heavy atom. The molecule has 96 valence electrons. The highest BCUT2D eigenvalue weighted by Gasteiger charge is 2.13. The average molecular weight is 270 g/mol. The van der Waals surface area contributed by atoms with E-state index in [0.717, 1.165) is 29.7 Å². The van der Waals surface area contributed by atoms with Gasteiger partial charge in [0, 0.05) is 12.7 Å². The van der Waals surface area contributed by atoms with Gasteiger partial charge in [-0.2, -0.15) is 0 Å². The van der Waals surface area contributed by atoms with E-state index in [1.54, 1.807) is 11.6 Å². The number of hydrogen-bond donors (Lipinski definition) is 1. The fourth-order valence-corrected chi connectivity index (χ4v) is 2.35. The van der Waals surface area contributed by atoms with Gasteiger partial charge in [0.05, 0.1) is 10.6 Å². The predicted molar refractivity (Wildman–Crippen MR) is 66.1 cm³/mol. The molecule has 0 aliphatic carbocycles. The van der Waals surface area contributed by atoms with Crippen LogP contribution in [0.15, 0.2) is 17.0 Å². The minimum Gasteiger partial charge on any atom is -0.399 e. The molecule has 2 N–H and O–H groups in total. The molecule has 2 rings (SSSR count). The fourth-order valence-electron chi connectivity index (χ4n) is 1.43. The van der Waals surface area contributed by atoms with Crippen LogP contribution in [0.3, 0.4) is 0 Å². The highest BCUT2D eigenvalue weighted by Crippen LogP contribution is 2.29. The molecule has 0 amide bonds. The van der Waals surface area contributed by atoms with Crippen LogP contribution in [0, 0.1) is 18.6 Å². The summed E-state index contributed by atoms with van der Waals surface area (Å²) in [4.78, 5) is -0.0511. The largest absolute Gasteiger partial charge is 0.399 e. The Bertz CT molecular complexity index is 559. The second-order valence-electron chi connectivity index (χ2n) is 3.82. The Hall–Kier alpha value is -1.63. The van der Waals surface area contributed by atoms with E-state index >= 15 is 0 Å². The number of hydrogen-bond acceptors (Lipinski definition) is 4. The zero-order valence-corrected chi connectivity index (χ0v) is 10.8. The second-order valence-corrected chi connectivity index (χ2v) is 4.81. The van der Waals surface area contributed by atoms with Gasteiger partial charge in [-0.15, -0.1) is 22.0 Å². The van der Waals surface area contributed by atoms with Gasteiger partial charge in [-0.3, -0.25) is 0 Å². The van der Waals surface area contributed by atoms with Crippen molar-refractivity contribution in [1.82, 2.24) is 14.8 Å². The Balaban J connectivity index is 2.18. The lowest BCUT2D eigenvalue weighted by molar-refractivity contribution is 0.541. The molecule has 0 unspecified atom stereocenters. The van der Waals surface area contributed by atoms with Crippen molar-refractivity contribution in [3.8, 4) is 0 Å². The maximum atomic E-state index is 13.5. The normalized spacial score (nSPS) is 10.9. The maximum absolute atomic E-state index is 13.5. The third kappa shape index (κ3) is 2.45. The first kappa shape index (κ1) is 12.8. The molecule has 0 saturated heterocycles. The molecule has 7 heteroatoms. The molecule has 0 bridgehead atoms. The monoisotopic (exact) mass is 270 g/mol. The third-order valence-electron chi connectivity index (χ3n) is 2.55. The molecule has 0 aliphatic rings. The molecule has 0 aliphatic heterocycles. The molecule has 1 aromatic heterocycles. The van der Waals surface area contributed by atoms with Crippen molar-refractivity contribution >= 4 is 17.4 Å². The molecule has 4 nitrogen and oxygen atoms in total. The zero-order chi connectivity index (χ0) is 13.3. The standard InChI is InChI=1S/C11H12F2N4S/c1-6-15-16-10(17(6)2)5-18-11-8(12)3-7(14)4-9(11)13/h3-4H,5,14H2,1-2H3. The van der Waals surface area contributed by atoms with Gasteiger partial charge in [0.2, 0.25) is 0 Å². The summed E-state index contributed by atoms with van der Waals surface area (Å²) in [6.07, 6.45) is 0. The Labute approximate surface area is 107 Å². The summed E-state index contributed by atoms with van der Waals surface area (Å²) in [5.41, 5.74) is 5.42. The van der Waals surface area contributed by atoms with Crippen molar-refractivity contribution < 1.29 is 8.78 Å². The van der Waals surface area contributed by atoms with Gasteiger partial charge in [0.25, 0.3) is 0 Å². The van der Waals surface area contributed by atoms with Gasteiger partial charge in [-0.25, -0.2) is 8.78 Å². The minimum atomic E-state index is -0.656. The van der Waals surface area contributed by atoms with E-state index in [1.807, 2.05) is 6.92 Å². The van der Waals surface area contributed by atoms with Crippen molar-refractivity contribution in [2.75, 3.05) is 5.73 Å². The number of aryl methyl sites for hydroxylation is 1. The summed E-state index contributed by atoms with van der Waals surface area (Å²) in [6, 6.07) is 2.21. The lowest BCUT2D eigenvalue weighted by Gasteiger charge is -2.06. The molecule has 0 saturated carbocycles. The topological polar surface area (TPSA) is 56.7 Å². The van der Waals surface area contributed by atoms with Crippen LogP contribution in [0.25, 0.3) is 0 Å². The third-order valence-corrected chi connectivity index (χ3v) is 3.63. The first-order valence-electron chi connectivity index (χ1n) is 5.21. The van der Waals surface area contributed by atoms with Crippen LogP contribution in [0.2, 0.25) is 0 Å². The fraction of sp³-hybridized carbons (Fsp3) is 0.273. The number of nitrogen functional groups attached to an aromatic ring is 1. The zero-order valence-electron chi connectivity index (χ0n) is 9.94. The summed E-state index contributed by atoms with van der Waals surface area (Å²) in [7, 11) is 1.81. The van der Waals surface area contributed by atoms with E-state index in [9.17, 15) is 8.78 Å². The van der Waals surface area contributed by atoms with Crippen LogP contribution in [0.1, 0.15) is 11.6 Å². The SMILES string of the molecule is Cc1nnc(CSc2c(F)cc(N)cc2F)n1C. The summed E-state index contributed by atoms with van der Waals surface area (Å²) in [5, 5.41) is 7.81. The van der Waals surface area contributed by atoms with Crippen LogP contribution in [-0.4, -0.2) is 14.8 Å². The molecule has 2 aromatic rings. The van der Waals surface area contributed by atoms with E-state index in [2.05, 4.69) is 10.2 Å². The van der Waals surface area contributed by atoms with Crippen LogP contribution in [-0.2, 0) is 12.8 Å². The highest BCUT2D eigenvalue weighted by molar-refractivity contribution is 7.98. The number of halogens is 2. The number of nitrogens with zero attached hydrogens (tertiary/aromatic N) is 3. The molecule has 0 radical (unpaired) electrons. The van der Waals surface area contributed by atoms with Gasteiger partial charge in [0.15, 0.2) is 0 Å². The van der Waals surface area contributed by atoms with E-state index in [4.69, 9.17) is 5.73 Å². The van der Waals surface area contributed by atoms with Crippen molar-refractivity contribution in [3.63, 3.8) is 0 Å². The summed E-state index contributed by atoms with van der Waals surface area (Å²) in [6.45, 7) is 1.81. The lowest BCUT2D eigenvalue weighted by atomic mass is 10.3. The predicted octanol–water partition coefficient (Wildman–Crippen LogP) is 2.28. The molecule has 1 heterocycles. The molecule has 0 spiro atoms. The van der Waals surface area contributed by atoms with E-state index < -0.39 is 11.6 Å². The number of thioether (sulfide) groups is 1. The number of rotatable bonds is 3. The molecule has 18 heavy (non-hydrogen) atoms. The van der Waals surface area contributed by atoms with Gasteiger partial charge in [-0.05, 0) is 19.1 Å². The van der Waals surface area contributed by atoms with Crippen LogP contribution in [0.5, 0.6) is 0 Å². The van der Waals surface area contributed by atoms with Crippen LogP contribution >= 0.6 is 11.8 Å². The van der Waals surface area contributed by atoms with Gasteiger partial charge < -0.3 is 10.3 Å². The van der Waals surface area contributed by atoms with Crippen molar-refractivity contribution in [2.24, 2.45) is 7.05 Å². The molecular weight excluding hydrogens is 258 g/mol. The highest BCUT2D eigenvalue weighted by atomic mass is 32.2. The smallest absolute Gasteiger partial charge is 0.143 e. The van der Waals surface area contributed by atoms with Gasteiger partial charge in [-0.1, -0.05) is 0 Å². The Morgan fingerprint density at radius 1 is 1.28 bits per heavy atom. The lowest BCUT2D eigenvalue weighted by Crippen LogP contribution is -1.99. The maximum Gasteiger partial charge on any atom is 0.143 e. The molecule has 0 fully saturated rings. The quantitative estimate of drug-likeness (QED) is 0.686. The number of aromatic nitrogens is 3. The molecular formula is C11H12F2N4S. The number of nitrogens with two attached hydrogens (primary N) is 1. The summed E-state index contributed by atoms with van der Waals surface area (Å²) >= 11 is 1.03. The Kier molecular flexibility index (Phi) is 3.51. The van der Waals surface area contributed by atoms with Crippen molar-refractivity contribution in [1.29, 1.82) is 0 Å². The summed E-state index contributed by atoms with van der Waals surface area (Å²) in [5.74, 6) is 0.444. The minimum absolute atomic E-state index is 0.0511. The van der Waals surface area contributed by atoms with E-state index in [0.29, 0.717) is 11.6 Å². The van der Waals surface area contributed by atoms with Crippen LogP contribution in [0.4, 0.5) is 14.5 Å². The first-order chi connectivity index (χ1) is 8.49. The molecule has 0 atom stereocenters. The second kappa shape index (κ2) is 4.93. The van der Waals surface area contributed by atoms with Gasteiger partial charge in [0.1, 0.15) is 23.3 Å².